The summed E-state index contributed by atoms with van der Waals surface area (Å²) in [6.07, 6.45) is 2.39. The first-order valence-electron chi connectivity index (χ1n) is 6.94. The Morgan fingerprint density at radius 1 is 1.10 bits per heavy atom. The van der Waals surface area contributed by atoms with E-state index in [2.05, 4.69) is 20.2 Å². The Bertz CT molecular complexity index is 654. The quantitative estimate of drug-likeness (QED) is 0.907. The van der Waals surface area contributed by atoms with E-state index in [4.69, 9.17) is 23.2 Å². The maximum atomic E-state index is 6.19. The minimum Gasteiger partial charge on any atom is -0.341 e. The van der Waals surface area contributed by atoms with Crippen LogP contribution < -0.4 is 10.2 Å². The summed E-state index contributed by atoms with van der Waals surface area (Å²) in [4.78, 5) is 11.3. The van der Waals surface area contributed by atoms with Crippen molar-refractivity contribution in [3.05, 3.63) is 40.0 Å². The maximum absolute atomic E-state index is 6.19. The topological polar surface area (TPSA) is 41.1 Å². The van der Waals surface area contributed by atoms with Crippen LogP contribution in [0.3, 0.4) is 0 Å². The molecule has 0 radical (unpaired) electrons. The Hall–Kier alpha value is -1.52. The van der Waals surface area contributed by atoms with Crippen LogP contribution in [0.15, 0.2) is 24.3 Å². The van der Waals surface area contributed by atoms with E-state index in [0.717, 1.165) is 36.2 Å². The Morgan fingerprint density at radius 3 is 2.57 bits per heavy atom. The van der Waals surface area contributed by atoms with Crippen LogP contribution in [0.5, 0.6) is 0 Å². The average molecular weight is 323 g/mol. The second-order valence-electron chi connectivity index (χ2n) is 5.14. The van der Waals surface area contributed by atoms with Crippen molar-refractivity contribution in [2.75, 3.05) is 23.3 Å². The number of aryl methyl sites for hydroxylation is 1. The lowest BCUT2D eigenvalue weighted by molar-refractivity contribution is 0.891. The highest BCUT2D eigenvalue weighted by atomic mass is 35.5. The predicted octanol–water partition coefficient (Wildman–Crippen LogP) is 4.44. The summed E-state index contributed by atoms with van der Waals surface area (Å²) in [5.74, 6) is 1.52. The van der Waals surface area contributed by atoms with E-state index in [1.807, 2.05) is 19.1 Å². The summed E-state index contributed by atoms with van der Waals surface area (Å²) in [6.45, 7) is 4.01. The molecule has 1 aliphatic rings. The molecule has 4 nitrogen and oxygen atoms in total. The molecule has 1 aromatic heterocycles. The monoisotopic (exact) mass is 322 g/mol. The van der Waals surface area contributed by atoms with E-state index in [1.165, 1.54) is 12.8 Å². The van der Waals surface area contributed by atoms with Crippen LogP contribution in [0.1, 0.15) is 18.5 Å². The second-order valence-corrected chi connectivity index (χ2v) is 5.98. The first-order valence-corrected chi connectivity index (χ1v) is 7.70. The van der Waals surface area contributed by atoms with Gasteiger partial charge in [-0.15, -0.1) is 0 Å². The zero-order valence-electron chi connectivity index (χ0n) is 11.7. The predicted molar refractivity (Wildman–Crippen MR) is 88.0 cm³/mol. The van der Waals surface area contributed by atoms with E-state index in [-0.39, 0.29) is 0 Å². The Kier molecular flexibility index (Phi) is 4.17. The summed E-state index contributed by atoms with van der Waals surface area (Å²) in [5.41, 5.74) is 1.71. The third kappa shape index (κ3) is 3.39. The number of halogens is 2. The first-order chi connectivity index (χ1) is 10.1. The van der Waals surface area contributed by atoms with Gasteiger partial charge in [0.2, 0.25) is 5.95 Å². The van der Waals surface area contributed by atoms with Crippen molar-refractivity contribution >= 4 is 40.7 Å². The van der Waals surface area contributed by atoms with Gasteiger partial charge in [-0.1, -0.05) is 23.2 Å². The molecule has 3 rings (SSSR count). The van der Waals surface area contributed by atoms with Crippen LogP contribution in [0, 0.1) is 6.92 Å². The normalized spacial score (nSPS) is 14.5. The molecule has 0 unspecified atom stereocenters. The Balaban J connectivity index is 1.87. The van der Waals surface area contributed by atoms with Gasteiger partial charge in [-0.2, -0.15) is 4.98 Å². The number of anilines is 3. The molecule has 0 amide bonds. The van der Waals surface area contributed by atoms with Crippen LogP contribution in [0.2, 0.25) is 10.0 Å². The SMILES string of the molecule is Cc1cc(Nc2ccc(Cl)cc2Cl)nc(N2CCCC2)n1. The van der Waals surface area contributed by atoms with Gasteiger partial charge in [0.05, 0.1) is 10.7 Å². The highest BCUT2D eigenvalue weighted by Crippen LogP contribution is 2.28. The lowest BCUT2D eigenvalue weighted by Crippen LogP contribution is -2.21. The summed E-state index contributed by atoms with van der Waals surface area (Å²) in [6, 6.07) is 7.26. The summed E-state index contributed by atoms with van der Waals surface area (Å²) < 4.78 is 0. The van der Waals surface area contributed by atoms with Gasteiger partial charge in [-0.25, -0.2) is 4.98 Å². The molecule has 21 heavy (non-hydrogen) atoms. The van der Waals surface area contributed by atoms with Gasteiger partial charge in [0.1, 0.15) is 5.82 Å². The van der Waals surface area contributed by atoms with Crippen molar-refractivity contribution in [1.82, 2.24) is 9.97 Å². The van der Waals surface area contributed by atoms with Crippen molar-refractivity contribution in [3.63, 3.8) is 0 Å². The van der Waals surface area contributed by atoms with E-state index >= 15 is 0 Å². The largest absolute Gasteiger partial charge is 0.341 e. The van der Waals surface area contributed by atoms with Gasteiger partial charge in [0.15, 0.2) is 0 Å². The number of benzene rings is 1. The minimum atomic E-state index is 0.571. The Labute approximate surface area is 134 Å². The van der Waals surface area contributed by atoms with Gasteiger partial charge in [-0.05, 0) is 38.0 Å². The van der Waals surface area contributed by atoms with Crippen molar-refractivity contribution < 1.29 is 0 Å². The van der Waals surface area contributed by atoms with Crippen molar-refractivity contribution in [3.8, 4) is 0 Å². The Morgan fingerprint density at radius 2 is 1.86 bits per heavy atom. The molecule has 1 fully saturated rings. The molecule has 1 aromatic carbocycles. The number of rotatable bonds is 3. The maximum Gasteiger partial charge on any atom is 0.227 e. The van der Waals surface area contributed by atoms with Crippen LogP contribution in [0.25, 0.3) is 0 Å². The molecule has 0 atom stereocenters. The van der Waals surface area contributed by atoms with Crippen LogP contribution >= 0.6 is 23.2 Å². The van der Waals surface area contributed by atoms with Crippen molar-refractivity contribution in [2.24, 2.45) is 0 Å². The standard InChI is InChI=1S/C15H16Cl2N4/c1-10-8-14(19-13-5-4-11(16)9-12(13)17)20-15(18-10)21-6-2-3-7-21/h4-5,8-9H,2-3,6-7H2,1H3,(H,18,19,20). The van der Waals surface area contributed by atoms with E-state index in [0.29, 0.717) is 10.0 Å². The number of aromatic nitrogens is 2. The van der Waals surface area contributed by atoms with Gasteiger partial charge in [0.25, 0.3) is 0 Å². The molecule has 1 N–H and O–H groups in total. The van der Waals surface area contributed by atoms with Crippen molar-refractivity contribution in [1.29, 1.82) is 0 Å². The van der Waals surface area contributed by atoms with Gasteiger partial charge in [0, 0.05) is 29.9 Å². The van der Waals surface area contributed by atoms with Gasteiger partial charge in [-0.3, -0.25) is 0 Å². The second kappa shape index (κ2) is 6.08. The zero-order valence-corrected chi connectivity index (χ0v) is 13.2. The molecule has 0 saturated carbocycles. The van der Waals surface area contributed by atoms with Gasteiger partial charge < -0.3 is 10.2 Å². The number of hydrogen-bond acceptors (Lipinski definition) is 4. The molecule has 6 heteroatoms. The molecule has 110 valence electrons. The van der Waals surface area contributed by atoms with Crippen LogP contribution in [0.4, 0.5) is 17.5 Å². The van der Waals surface area contributed by atoms with E-state index in [1.54, 1.807) is 12.1 Å². The summed E-state index contributed by atoms with van der Waals surface area (Å²) in [5, 5.41) is 4.42. The minimum absolute atomic E-state index is 0.571. The molecule has 0 bridgehead atoms. The molecular formula is C15H16Cl2N4. The number of nitrogens with zero attached hydrogens (tertiary/aromatic N) is 3. The molecule has 1 aliphatic heterocycles. The lowest BCUT2D eigenvalue weighted by Gasteiger charge is -2.17. The molecule has 2 heterocycles. The fourth-order valence-corrected chi connectivity index (χ4v) is 2.86. The summed E-state index contributed by atoms with van der Waals surface area (Å²) in [7, 11) is 0. The average Bonchev–Trinajstić information content (AvgIpc) is 2.95. The third-order valence-electron chi connectivity index (χ3n) is 3.43. The van der Waals surface area contributed by atoms with Crippen LogP contribution in [-0.2, 0) is 0 Å². The fourth-order valence-electron chi connectivity index (χ4n) is 2.40. The molecule has 0 spiro atoms. The van der Waals surface area contributed by atoms with E-state index in [9.17, 15) is 0 Å². The zero-order chi connectivity index (χ0) is 14.8. The molecule has 0 aliphatic carbocycles. The molecule has 1 saturated heterocycles. The highest BCUT2D eigenvalue weighted by Gasteiger charge is 2.16. The summed E-state index contributed by atoms with van der Waals surface area (Å²) >= 11 is 12.1. The fraction of sp³-hybridized carbons (Fsp3) is 0.333. The molecule has 2 aromatic rings. The smallest absolute Gasteiger partial charge is 0.227 e. The first kappa shape index (κ1) is 14.4. The number of nitrogens with one attached hydrogen (secondary N) is 1. The number of hydrogen-bond donors (Lipinski definition) is 1. The van der Waals surface area contributed by atoms with Crippen LogP contribution in [-0.4, -0.2) is 23.1 Å². The van der Waals surface area contributed by atoms with Crippen molar-refractivity contribution in [2.45, 2.75) is 19.8 Å². The molecular weight excluding hydrogens is 307 g/mol. The van der Waals surface area contributed by atoms with E-state index < -0.39 is 0 Å². The third-order valence-corrected chi connectivity index (χ3v) is 3.97. The van der Waals surface area contributed by atoms with Gasteiger partial charge >= 0.3 is 0 Å². The highest BCUT2D eigenvalue weighted by molar-refractivity contribution is 6.36. The lowest BCUT2D eigenvalue weighted by atomic mass is 10.3.